The third-order valence-electron chi connectivity index (χ3n) is 3.25. The largest absolute Gasteiger partial charge is 0.493 e. The Morgan fingerprint density at radius 3 is 2.78 bits per heavy atom. The molecule has 140 valence electrons. The molecule has 27 heavy (non-hydrogen) atoms. The predicted octanol–water partition coefficient (Wildman–Crippen LogP) is 2.02. The van der Waals surface area contributed by atoms with E-state index in [2.05, 4.69) is 15.3 Å². The molecule has 2 aromatic rings. The summed E-state index contributed by atoms with van der Waals surface area (Å²) in [7, 11) is 2.76. The van der Waals surface area contributed by atoms with E-state index in [4.69, 9.17) is 19.2 Å². The molecule has 0 atom stereocenters. The average Bonchev–Trinajstić information content (AvgIpc) is 3.15. The van der Waals surface area contributed by atoms with Crippen LogP contribution in [0.1, 0.15) is 28.3 Å². The fourth-order valence-electron chi connectivity index (χ4n) is 1.99. The molecule has 1 N–H and O–H groups in total. The molecule has 1 heterocycles. The second kappa shape index (κ2) is 9.62. The van der Waals surface area contributed by atoms with Gasteiger partial charge in [-0.3, -0.25) is 4.79 Å². The molecular formula is C18H17N3O6. The Labute approximate surface area is 155 Å². The highest BCUT2D eigenvalue weighted by Crippen LogP contribution is 2.28. The van der Waals surface area contributed by atoms with Crippen molar-refractivity contribution >= 4 is 18.1 Å². The maximum absolute atomic E-state index is 11.4. The predicted molar refractivity (Wildman–Crippen MR) is 93.3 cm³/mol. The van der Waals surface area contributed by atoms with Crippen LogP contribution in [0.4, 0.5) is 0 Å². The highest BCUT2D eigenvalue weighted by Gasteiger charge is 2.12. The number of esters is 1. The molecule has 0 aliphatic heterocycles. The molecule has 1 aromatic carbocycles. The number of hydrogen-bond acceptors (Lipinski definition) is 8. The summed E-state index contributed by atoms with van der Waals surface area (Å²) < 4.78 is 20.8. The summed E-state index contributed by atoms with van der Waals surface area (Å²) in [6, 6.07) is 9.88. The van der Waals surface area contributed by atoms with Crippen molar-refractivity contribution in [2.45, 2.75) is 13.0 Å². The first kappa shape index (κ1) is 19.5. The van der Waals surface area contributed by atoms with Crippen molar-refractivity contribution in [3.05, 3.63) is 47.4 Å². The number of amides is 1. The van der Waals surface area contributed by atoms with Gasteiger partial charge in [0.2, 0.25) is 5.76 Å². The summed E-state index contributed by atoms with van der Waals surface area (Å²) in [6.07, 6.45) is 1.15. The van der Waals surface area contributed by atoms with E-state index in [9.17, 15) is 9.59 Å². The van der Waals surface area contributed by atoms with Gasteiger partial charge in [-0.1, -0.05) is 0 Å². The molecule has 0 aliphatic carbocycles. The smallest absolute Gasteiger partial charge is 0.373 e. The van der Waals surface area contributed by atoms with Gasteiger partial charge in [-0.25, -0.2) is 10.2 Å². The lowest BCUT2D eigenvalue weighted by atomic mass is 10.2. The molecule has 0 aliphatic rings. The van der Waals surface area contributed by atoms with E-state index >= 15 is 0 Å². The van der Waals surface area contributed by atoms with Gasteiger partial charge in [0.25, 0.3) is 5.91 Å². The normalized spacial score (nSPS) is 10.3. The molecule has 9 nitrogen and oxygen atoms in total. The van der Waals surface area contributed by atoms with Crippen LogP contribution in [0.15, 0.2) is 39.9 Å². The summed E-state index contributed by atoms with van der Waals surface area (Å²) in [5.41, 5.74) is 2.89. The van der Waals surface area contributed by atoms with Crippen LogP contribution in [-0.2, 0) is 16.1 Å². The van der Waals surface area contributed by atoms with Gasteiger partial charge in [-0.05, 0) is 35.9 Å². The molecule has 1 amide bonds. The lowest BCUT2D eigenvalue weighted by molar-refractivity contribution is -0.120. The second-order valence-electron chi connectivity index (χ2n) is 5.08. The zero-order chi connectivity index (χ0) is 19.6. The van der Waals surface area contributed by atoms with Crippen LogP contribution >= 0.6 is 0 Å². The Bertz CT molecular complexity index is 881. The number of carbonyl (C=O) groups excluding carboxylic acids is 2. The van der Waals surface area contributed by atoms with Crippen molar-refractivity contribution in [1.29, 1.82) is 5.26 Å². The molecule has 0 radical (unpaired) electrons. The molecule has 0 bridgehead atoms. The molecule has 1 aromatic heterocycles. The first-order valence-corrected chi connectivity index (χ1v) is 7.74. The Morgan fingerprint density at radius 2 is 2.07 bits per heavy atom. The van der Waals surface area contributed by atoms with Crippen LogP contribution in [0.25, 0.3) is 0 Å². The number of nitrogens with zero attached hydrogens (tertiary/aromatic N) is 2. The minimum Gasteiger partial charge on any atom is -0.493 e. The number of hydrazone groups is 1. The van der Waals surface area contributed by atoms with E-state index in [0.29, 0.717) is 22.8 Å². The Hall–Kier alpha value is -3.80. The number of nitriles is 1. The van der Waals surface area contributed by atoms with E-state index in [1.807, 2.05) is 0 Å². The monoisotopic (exact) mass is 371 g/mol. The number of furan rings is 1. The van der Waals surface area contributed by atoms with Crippen LogP contribution in [0.3, 0.4) is 0 Å². The van der Waals surface area contributed by atoms with Crippen molar-refractivity contribution < 1.29 is 28.2 Å². The molecule has 0 unspecified atom stereocenters. The van der Waals surface area contributed by atoms with Gasteiger partial charge >= 0.3 is 5.97 Å². The first-order chi connectivity index (χ1) is 13.1. The van der Waals surface area contributed by atoms with Crippen LogP contribution in [0.5, 0.6) is 11.5 Å². The number of nitrogens with one attached hydrogen (secondary N) is 1. The second-order valence-corrected chi connectivity index (χ2v) is 5.08. The van der Waals surface area contributed by atoms with Gasteiger partial charge in [0.15, 0.2) is 11.5 Å². The van der Waals surface area contributed by atoms with Crippen molar-refractivity contribution in [3.63, 3.8) is 0 Å². The lowest BCUT2D eigenvalue weighted by Crippen LogP contribution is -2.16. The lowest BCUT2D eigenvalue weighted by Gasteiger charge is -2.10. The Kier molecular flexibility index (Phi) is 6.96. The van der Waals surface area contributed by atoms with Gasteiger partial charge in [0.05, 0.1) is 26.5 Å². The molecule has 0 saturated carbocycles. The fraction of sp³-hybridized carbons (Fsp3) is 0.222. The van der Waals surface area contributed by atoms with Crippen LogP contribution in [-0.4, -0.2) is 32.3 Å². The number of ether oxygens (including phenoxy) is 3. The summed E-state index contributed by atoms with van der Waals surface area (Å²) in [5, 5.41) is 12.2. The number of hydrogen-bond donors (Lipinski definition) is 1. The number of carbonyl (C=O) groups is 2. The molecule has 9 heteroatoms. The SMILES string of the molecule is COC(=O)c1ccc(COc2ccc(/C=N/NC(=O)CC#N)cc2OC)o1. The standard InChI is InChI=1S/C18H17N3O6/c1-24-16-9-12(10-20-21-17(22)7-8-19)3-5-14(16)26-11-13-4-6-15(27-13)18(23)25-2/h3-6,9-10H,7,11H2,1-2H3,(H,21,22)/b20-10+. The van der Waals surface area contributed by atoms with E-state index in [0.717, 1.165) is 0 Å². The zero-order valence-corrected chi connectivity index (χ0v) is 14.7. The molecule has 0 saturated heterocycles. The van der Waals surface area contributed by atoms with Gasteiger partial charge in [0, 0.05) is 0 Å². The van der Waals surface area contributed by atoms with E-state index < -0.39 is 11.9 Å². The number of rotatable bonds is 8. The summed E-state index contributed by atoms with van der Waals surface area (Å²) in [5.74, 6) is 0.382. The highest BCUT2D eigenvalue weighted by molar-refractivity contribution is 5.86. The maximum atomic E-state index is 11.4. The number of benzene rings is 1. The van der Waals surface area contributed by atoms with Crippen LogP contribution in [0, 0.1) is 11.3 Å². The molecule has 0 fully saturated rings. The third-order valence-corrected chi connectivity index (χ3v) is 3.25. The summed E-state index contributed by atoms with van der Waals surface area (Å²) in [6.45, 7) is 0.0883. The highest BCUT2D eigenvalue weighted by atomic mass is 16.5. The maximum Gasteiger partial charge on any atom is 0.373 e. The number of methoxy groups -OCH3 is 2. The van der Waals surface area contributed by atoms with E-state index in [1.165, 1.54) is 26.5 Å². The van der Waals surface area contributed by atoms with Gasteiger partial charge < -0.3 is 18.6 Å². The molecular weight excluding hydrogens is 354 g/mol. The quantitative estimate of drug-likeness (QED) is 0.428. The van der Waals surface area contributed by atoms with Crippen molar-refractivity contribution in [3.8, 4) is 17.6 Å². The van der Waals surface area contributed by atoms with E-state index in [1.54, 1.807) is 30.3 Å². The topological polar surface area (TPSA) is 123 Å². The Balaban J connectivity index is 2.00. The Morgan fingerprint density at radius 1 is 1.26 bits per heavy atom. The van der Waals surface area contributed by atoms with Gasteiger partial charge in [-0.2, -0.15) is 10.4 Å². The minimum atomic E-state index is -0.565. The third kappa shape index (κ3) is 5.61. The zero-order valence-electron chi connectivity index (χ0n) is 14.7. The van der Waals surface area contributed by atoms with Gasteiger partial charge in [-0.15, -0.1) is 0 Å². The van der Waals surface area contributed by atoms with Gasteiger partial charge in [0.1, 0.15) is 18.8 Å². The first-order valence-electron chi connectivity index (χ1n) is 7.74. The fourth-order valence-corrected chi connectivity index (χ4v) is 1.99. The summed E-state index contributed by atoms with van der Waals surface area (Å²) in [4.78, 5) is 22.5. The van der Waals surface area contributed by atoms with Crippen molar-refractivity contribution in [1.82, 2.24) is 5.43 Å². The van der Waals surface area contributed by atoms with Crippen molar-refractivity contribution in [2.75, 3.05) is 14.2 Å². The van der Waals surface area contributed by atoms with Crippen LogP contribution < -0.4 is 14.9 Å². The van der Waals surface area contributed by atoms with Crippen molar-refractivity contribution in [2.24, 2.45) is 5.10 Å². The molecule has 2 rings (SSSR count). The average molecular weight is 371 g/mol. The minimum absolute atomic E-state index is 0.0883. The van der Waals surface area contributed by atoms with E-state index in [-0.39, 0.29) is 18.8 Å². The van der Waals surface area contributed by atoms with Crippen LogP contribution in [0.2, 0.25) is 0 Å². The molecule has 0 spiro atoms. The summed E-state index contributed by atoms with van der Waals surface area (Å²) >= 11 is 0.